The fourth-order valence-electron chi connectivity index (χ4n) is 1.39. The predicted molar refractivity (Wildman–Crippen MR) is 57.5 cm³/mol. The number of carbonyl (C=O) groups is 1. The van der Waals surface area contributed by atoms with E-state index >= 15 is 0 Å². The van der Waals surface area contributed by atoms with Crippen molar-refractivity contribution in [3.63, 3.8) is 0 Å². The van der Waals surface area contributed by atoms with Gasteiger partial charge in [-0.2, -0.15) is 0 Å². The summed E-state index contributed by atoms with van der Waals surface area (Å²) in [6, 6.07) is 5.78. The Morgan fingerprint density at radius 1 is 1.38 bits per heavy atom. The molecule has 2 aromatic rings. The number of phenols is 1. The zero-order valence-electron chi connectivity index (χ0n) is 8.48. The maximum atomic E-state index is 11.4. The number of amides is 1. The van der Waals surface area contributed by atoms with Crippen LogP contribution >= 0.6 is 0 Å². The molecule has 1 aromatic carbocycles. The Labute approximate surface area is 90.3 Å². The molecule has 5 nitrogen and oxygen atoms in total. The van der Waals surface area contributed by atoms with Crippen molar-refractivity contribution in [2.75, 3.05) is 7.05 Å². The standard InChI is InChI=1S/C11H9NO4/c1-12-10(14)8-4-6-2-3-7(13)5-9(6)16-11(8)15/h2-5,13H,1H3,(H,12,14). The van der Waals surface area contributed by atoms with E-state index in [2.05, 4.69) is 5.32 Å². The van der Waals surface area contributed by atoms with Gasteiger partial charge in [0, 0.05) is 18.5 Å². The molecule has 0 unspecified atom stereocenters. The van der Waals surface area contributed by atoms with Gasteiger partial charge in [-0.25, -0.2) is 4.79 Å². The van der Waals surface area contributed by atoms with Crippen molar-refractivity contribution < 1.29 is 14.3 Å². The zero-order valence-corrected chi connectivity index (χ0v) is 8.48. The van der Waals surface area contributed by atoms with Crippen LogP contribution in [0.15, 0.2) is 33.5 Å². The van der Waals surface area contributed by atoms with Crippen molar-refractivity contribution in [3.8, 4) is 5.75 Å². The summed E-state index contributed by atoms with van der Waals surface area (Å²) in [5.41, 5.74) is -0.532. The lowest BCUT2D eigenvalue weighted by Crippen LogP contribution is -2.24. The third-order valence-corrected chi connectivity index (χ3v) is 2.19. The molecular formula is C11H9NO4. The quantitative estimate of drug-likeness (QED) is 0.697. The highest BCUT2D eigenvalue weighted by molar-refractivity contribution is 5.96. The Bertz CT molecular complexity index is 615. The second-order valence-electron chi connectivity index (χ2n) is 3.25. The fourth-order valence-corrected chi connectivity index (χ4v) is 1.39. The molecule has 1 aromatic heterocycles. The third kappa shape index (κ3) is 1.63. The predicted octanol–water partition coefficient (Wildman–Crippen LogP) is 0.858. The van der Waals surface area contributed by atoms with Crippen LogP contribution in [0.4, 0.5) is 0 Å². The summed E-state index contributed by atoms with van der Waals surface area (Å²) in [5, 5.41) is 12.1. The summed E-state index contributed by atoms with van der Waals surface area (Å²) >= 11 is 0. The minimum atomic E-state index is -0.725. The minimum Gasteiger partial charge on any atom is -0.508 e. The van der Waals surface area contributed by atoms with Crippen LogP contribution in [-0.2, 0) is 0 Å². The highest BCUT2D eigenvalue weighted by Crippen LogP contribution is 2.18. The molecule has 2 rings (SSSR count). The molecule has 0 saturated carbocycles. The normalized spacial score (nSPS) is 10.3. The first-order valence-electron chi connectivity index (χ1n) is 4.61. The maximum Gasteiger partial charge on any atom is 0.349 e. The number of aromatic hydroxyl groups is 1. The molecule has 16 heavy (non-hydrogen) atoms. The van der Waals surface area contributed by atoms with Crippen LogP contribution in [0.3, 0.4) is 0 Å². The van der Waals surface area contributed by atoms with Crippen molar-refractivity contribution >= 4 is 16.9 Å². The van der Waals surface area contributed by atoms with Crippen LogP contribution in [0.1, 0.15) is 10.4 Å². The molecule has 1 heterocycles. The van der Waals surface area contributed by atoms with Gasteiger partial charge < -0.3 is 14.8 Å². The zero-order chi connectivity index (χ0) is 11.7. The summed E-state index contributed by atoms with van der Waals surface area (Å²) in [6.45, 7) is 0. The number of hydrogen-bond donors (Lipinski definition) is 2. The van der Waals surface area contributed by atoms with Gasteiger partial charge in [0.1, 0.15) is 16.9 Å². The van der Waals surface area contributed by atoms with Crippen molar-refractivity contribution in [1.29, 1.82) is 0 Å². The first-order valence-corrected chi connectivity index (χ1v) is 4.61. The van der Waals surface area contributed by atoms with Gasteiger partial charge in [0.25, 0.3) is 5.91 Å². The summed E-state index contributed by atoms with van der Waals surface area (Å²) in [6.07, 6.45) is 0. The molecule has 0 saturated heterocycles. The van der Waals surface area contributed by atoms with E-state index in [0.29, 0.717) is 5.39 Å². The third-order valence-electron chi connectivity index (χ3n) is 2.19. The maximum absolute atomic E-state index is 11.4. The lowest BCUT2D eigenvalue weighted by Gasteiger charge is -2.01. The first kappa shape index (κ1) is 10.2. The van der Waals surface area contributed by atoms with E-state index in [4.69, 9.17) is 4.42 Å². The van der Waals surface area contributed by atoms with Gasteiger partial charge in [0.2, 0.25) is 0 Å². The number of rotatable bonds is 1. The summed E-state index contributed by atoms with van der Waals surface area (Å²) in [5.74, 6) is -0.493. The summed E-state index contributed by atoms with van der Waals surface area (Å²) < 4.78 is 4.92. The molecule has 2 N–H and O–H groups in total. The number of phenolic OH excluding ortho intramolecular Hbond substituents is 1. The molecular weight excluding hydrogens is 210 g/mol. The Kier molecular flexibility index (Phi) is 2.36. The Morgan fingerprint density at radius 2 is 2.12 bits per heavy atom. The number of nitrogens with one attached hydrogen (secondary N) is 1. The largest absolute Gasteiger partial charge is 0.508 e. The Balaban J connectivity index is 2.72. The van der Waals surface area contributed by atoms with Crippen LogP contribution in [0, 0.1) is 0 Å². The first-order chi connectivity index (χ1) is 7.61. The van der Waals surface area contributed by atoms with E-state index in [-0.39, 0.29) is 16.9 Å². The van der Waals surface area contributed by atoms with Gasteiger partial charge in [-0.05, 0) is 18.2 Å². The average molecular weight is 219 g/mol. The van der Waals surface area contributed by atoms with Gasteiger partial charge in [0.05, 0.1) is 0 Å². The summed E-state index contributed by atoms with van der Waals surface area (Å²) in [7, 11) is 1.43. The SMILES string of the molecule is CNC(=O)c1cc2ccc(O)cc2oc1=O. The molecule has 82 valence electrons. The second kappa shape index (κ2) is 3.69. The van der Waals surface area contributed by atoms with Crippen molar-refractivity contribution in [1.82, 2.24) is 5.32 Å². The molecule has 0 radical (unpaired) electrons. The van der Waals surface area contributed by atoms with E-state index in [1.54, 1.807) is 6.07 Å². The number of fused-ring (bicyclic) bond motifs is 1. The van der Waals surface area contributed by atoms with Crippen molar-refractivity contribution in [2.24, 2.45) is 0 Å². The van der Waals surface area contributed by atoms with Crippen molar-refractivity contribution in [3.05, 3.63) is 40.2 Å². The van der Waals surface area contributed by atoms with Gasteiger partial charge in [0.15, 0.2) is 0 Å². The van der Waals surface area contributed by atoms with Crippen LogP contribution in [0.25, 0.3) is 11.0 Å². The second-order valence-corrected chi connectivity index (χ2v) is 3.25. The fraction of sp³-hybridized carbons (Fsp3) is 0.0909. The smallest absolute Gasteiger partial charge is 0.349 e. The topological polar surface area (TPSA) is 79.5 Å². The minimum absolute atomic E-state index is 0.00310. The number of carbonyl (C=O) groups excluding carboxylic acids is 1. The van der Waals surface area contributed by atoms with Gasteiger partial charge in [-0.3, -0.25) is 4.79 Å². The van der Waals surface area contributed by atoms with Crippen molar-refractivity contribution in [2.45, 2.75) is 0 Å². The number of hydrogen-bond acceptors (Lipinski definition) is 4. The van der Waals surface area contributed by atoms with Crippen LogP contribution in [0.5, 0.6) is 5.75 Å². The average Bonchev–Trinajstić information content (AvgIpc) is 2.27. The van der Waals surface area contributed by atoms with Gasteiger partial charge >= 0.3 is 5.63 Å². The van der Waals surface area contributed by atoms with E-state index < -0.39 is 11.5 Å². The van der Waals surface area contributed by atoms with E-state index in [0.717, 1.165) is 0 Å². The van der Waals surface area contributed by atoms with E-state index in [9.17, 15) is 14.7 Å². The Hall–Kier alpha value is -2.30. The summed E-state index contributed by atoms with van der Waals surface area (Å²) in [4.78, 5) is 22.8. The molecule has 0 spiro atoms. The monoisotopic (exact) mass is 219 g/mol. The highest BCUT2D eigenvalue weighted by Gasteiger charge is 2.11. The Morgan fingerprint density at radius 3 is 2.81 bits per heavy atom. The molecule has 0 aliphatic carbocycles. The van der Waals surface area contributed by atoms with Crippen LogP contribution in [-0.4, -0.2) is 18.1 Å². The molecule has 1 amide bonds. The molecule has 0 aliphatic rings. The van der Waals surface area contributed by atoms with Gasteiger partial charge in [-0.15, -0.1) is 0 Å². The lowest BCUT2D eigenvalue weighted by atomic mass is 10.1. The number of benzene rings is 1. The van der Waals surface area contributed by atoms with E-state index in [1.807, 2.05) is 0 Å². The van der Waals surface area contributed by atoms with Crippen LogP contribution < -0.4 is 10.9 Å². The lowest BCUT2D eigenvalue weighted by molar-refractivity contribution is 0.0959. The molecule has 0 bridgehead atoms. The molecule has 0 atom stereocenters. The van der Waals surface area contributed by atoms with E-state index in [1.165, 1.54) is 25.2 Å². The highest BCUT2D eigenvalue weighted by atomic mass is 16.4. The molecule has 0 fully saturated rings. The van der Waals surface area contributed by atoms with Crippen LogP contribution in [0.2, 0.25) is 0 Å². The molecule has 5 heteroatoms. The van der Waals surface area contributed by atoms with Gasteiger partial charge in [-0.1, -0.05) is 0 Å². The molecule has 0 aliphatic heterocycles.